The number of rotatable bonds is 4. The Morgan fingerprint density at radius 2 is 2.33 bits per heavy atom. The van der Waals surface area contributed by atoms with Gasteiger partial charge in [-0.2, -0.15) is 5.26 Å². The number of hydrogen-bond acceptors (Lipinski definition) is 2. The van der Waals surface area contributed by atoms with E-state index in [0.29, 0.717) is 5.02 Å². The molecule has 1 rings (SSSR count). The Balaban J connectivity index is 2.84. The molecule has 0 aliphatic carbocycles. The van der Waals surface area contributed by atoms with Gasteiger partial charge in [-0.1, -0.05) is 24.6 Å². The second-order valence-electron chi connectivity index (χ2n) is 3.19. The minimum Gasteiger partial charge on any atom is -0.298 e. The quantitative estimate of drug-likeness (QED) is 0.917. The molecule has 2 nitrogen and oxygen atoms in total. The minimum absolute atomic E-state index is 0.265. The van der Waals surface area contributed by atoms with E-state index in [1.807, 2.05) is 12.1 Å². The van der Waals surface area contributed by atoms with Crippen molar-refractivity contribution in [2.75, 3.05) is 6.54 Å². The van der Waals surface area contributed by atoms with Gasteiger partial charge in [-0.25, -0.2) is 0 Å². The first-order valence-corrected chi connectivity index (χ1v) is 5.94. The van der Waals surface area contributed by atoms with E-state index in [9.17, 15) is 0 Å². The normalized spacial score (nSPS) is 12.1. The third kappa shape index (κ3) is 3.49. The lowest BCUT2D eigenvalue weighted by Crippen LogP contribution is -2.20. The van der Waals surface area contributed by atoms with Gasteiger partial charge in [-0.05, 0) is 46.6 Å². The van der Waals surface area contributed by atoms with Gasteiger partial charge < -0.3 is 0 Å². The van der Waals surface area contributed by atoms with Crippen LogP contribution < -0.4 is 5.32 Å². The first-order valence-electron chi connectivity index (χ1n) is 4.77. The summed E-state index contributed by atoms with van der Waals surface area (Å²) in [6.45, 7) is 2.90. The Morgan fingerprint density at radius 1 is 1.60 bits per heavy atom. The molecule has 0 aliphatic heterocycles. The largest absolute Gasteiger partial charge is 0.298 e. The molecule has 1 atom stereocenters. The average molecular weight is 288 g/mol. The predicted octanol–water partition coefficient (Wildman–Crippen LogP) is 3.67. The lowest BCUT2D eigenvalue weighted by Gasteiger charge is -2.11. The van der Waals surface area contributed by atoms with Crippen LogP contribution in [0, 0.1) is 11.3 Å². The zero-order valence-electron chi connectivity index (χ0n) is 8.43. The van der Waals surface area contributed by atoms with Crippen molar-refractivity contribution in [3.8, 4) is 6.07 Å². The van der Waals surface area contributed by atoms with Crippen molar-refractivity contribution in [2.45, 2.75) is 19.4 Å². The summed E-state index contributed by atoms with van der Waals surface area (Å²) < 4.78 is 0.820. The van der Waals surface area contributed by atoms with Crippen LogP contribution in [0.2, 0.25) is 5.02 Å². The summed E-state index contributed by atoms with van der Waals surface area (Å²) in [5.74, 6) is 0. The Bertz CT molecular complexity index is 373. The van der Waals surface area contributed by atoms with Gasteiger partial charge in [0.1, 0.15) is 6.04 Å². The fourth-order valence-corrected chi connectivity index (χ4v) is 1.73. The molecule has 0 heterocycles. The summed E-state index contributed by atoms with van der Waals surface area (Å²) in [6.07, 6.45) is 1.01. The van der Waals surface area contributed by atoms with E-state index in [4.69, 9.17) is 16.9 Å². The Labute approximate surface area is 103 Å². The zero-order chi connectivity index (χ0) is 11.3. The molecule has 0 radical (unpaired) electrons. The molecule has 0 fully saturated rings. The summed E-state index contributed by atoms with van der Waals surface area (Å²) in [6, 6.07) is 7.49. The molecule has 0 saturated carbocycles. The molecule has 1 aromatic carbocycles. The Kier molecular flexibility index (Phi) is 5.10. The van der Waals surface area contributed by atoms with Crippen molar-refractivity contribution in [3.05, 3.63) is 33.3 Å². The molecule has 4 heteroatoms. The summed E-state index contributed by atoms with van der Waals surface area (Å²) in [5.41, 5.74) is 0.933. The van der Waals surface area contributed by atoms with Crippen molar-refractivity contribution in [1.82, 2.24) is 5.32 Å². The maximum Gasteiger partial charge on any atom is 0.121 e. The van der Waals surface area contributed by atoms with Gasteiger partial charge in [-0.3, -0.25) is 5.32 Å². The van der Waals surface area contributed by atoms with Gasteiger partial charge >= 0.3 is 0 Å². The molecule has 0 aromatic heterocycles. The molecule has 0 amide bonds. The fraction of sp³-hybridized carbons (Fsp3) is 0.364. The van der Waals surface area contributed by atoms with Crippen LogP contribution in [0.25, 0.3) is 0 Å². The first-order chi connectivity index (χ1) is 7.19. The number of halogens is 2. The lowest BCUT2D eigenvalue weighted by molar-refractivity contribution is 0.621. The van der Waals surface area contributed by atoms with Crippen LogP contribution in [0.1, 0.15) is 24.9 Å². The number of nitrogens with one attached hydrogen (secondary N) is 1. The lowest BCUT2D eigenvalue weighted by atomic mass is 10.1. The molecular weight excluding hydrogens is 275 g/mol. The van der Waals surface area contributed by atoms with E-state index < -0.39 is 0 Å². The standard InChI is InChI=1S/C11H12BrClN2/c1-2-5-15-11(7-14)8-3-4-10(13)9(12)6-8/h3-4,6,11,15H,2,5H2,1H3. The van der Waals surface area contributed by atoms with Crippen LogP contribution >= 0.6 is 27.5 Å². The molecule has 15 heavy (non-hydrogen) atoms. The number of nitrogens with zero attached hydrogens (tertiary/aromatic N) is 1. The van der Waals surface area contributed by atoms with Crippen LogP contribution in [0.15, 0.2) is 22.7 Å². The number of benzene rings is 1. The van der Waals surface area contributed by atoms with Crippen molar-refractivity contribution in [3.63, 3.8) is 0 Å². The summed E-state index contributed by atoms with van der Waals surface area (Å²) in [5, 5.41) is 12.8. The topological polar surface area (TPSA) is 35.8 Å². The highest BCUT2D eigenvalue weighted by Crippen LogP contribution is 2.25. The van der Waals surface area contributed by atoms with E-state index in [1.165, 1.54) is 0 Å². The fourth-order valence-electron chi connectivity index (χ4n) is 1.22. The van der Waals surface area contributed by atoms with Crippen LogP contribution in [0.4, 0.5) is 0 Å². The molecule has 0 bridgehead atoms. The van der Waals surface area contributed by atoms with E-state index in [-0.39, 0.29) is 6.04 Å². The summed E-state index contributed by atoms with van der Waals surface area (Å²) in [4.78, 5) is 0. The van der Waals surface area contributed by atoms with E-state index in [2.05, 4.69) is 34.2 Å². The third-order valence-electron chi connectivity index (χ3n) is 2.00. The third-order valence-corrected chi connectivity index (χ3v) is 3.22. The molecule has 1 aromatic rings. The van der Waals surface area contributed by atoms with Crippen LogP contribution in [-0.2, 0) is 0 Å². The van der Waals surface area contributed by atoms with Crippen molar-refractivity contribution in [1.29, 1.82) is 5.26 Å². The monoisotopic (exact) mass is 286 g/mol. The van der Waals surface area contributed by atoms with Gasteiger partial charge in [0.2, 0.25) is 0 Å². The van der Waals surface area contributed by atoms with Crippen molar-refractivity contribution >= 4 is 27.5 Å². The molecule has 80 valence electrons. The Morgan fingerprint density at radius 3 is 2.87 bits per heavy atom. The predicted molar refractivity (Wildman–Crippen MR) is 65.8 cm³/mol. The Hall–Kier alpha value is -0.560. The molecule has 0 spiro atoms. The second-order valence-corrected chi connectivity index (χ2v) is 4.45. The number of hydrogen-bond donors (Lipinski definition) is 1. The maximum absolute atomic E-state index is 9.01. The minimum atomic E-state index is -0.265. The molecule has 1 N–H and O–H groups in total. The second kappa shape index (κ2) is 6.12. The van der Waals surface area contributed by atoms with Gasteiger partial charge in [0.05, 0.1) is 11.1 Å². The summed E-state index contributed by atoms with van der Waals surface area (Å²) in [7, 11) is 0. The van der Waals surface area contributed by atoms with Crippen LogP contribution in [0.3, 0.4) is 0 Å². The van der Waals surface area contributed by atoms with Crippen molar-refractivity contribution in [2.24, 2.45) is 0 Å². The number of nitriles is 1. The molecular formula is C11H12BrClN2. The van der Waals surface area contributed by atoms with Gasteiger partial charge in [-0.15, -0.1) is 0 Å². The van der Waals surface area contributed by atoms with Crippen LogP contribution in [0.5, 0.6) is 0 Å². The van der Waals surface area contributed by atoms with Crippen molar-refractivity contribution < 1.29 is 0 Å². The van der Waals surface area contributed by atoms with Crippen LogP contribution in [-0.4, -0.2) is 6.54 Å². The molecule has 1 unspecified atom stereocenters. The van der Waals surface area contributed by atoms with E-state index in [1.54, 1.807) is 6.07 Å². The van der Waals surface area contributed by atoms with Gasteiger partial charge in [0, 0.05) is 4.47 Å². The van der Waals surface area contributed by atoms with E-state index >= 15 is 0 Å². The highest BCUT2D eigenvalue weighted by molar-refractivity contribution is 9.10. The highest BCUT2D eigenvalue weighted by atomic mass is 79.9. The van der Waals surface area contributed by atoms with Gasteiger partial charge in [0.25, 0.3) is 0 Å². The first kappa shape index (κ1) is 12.5. The SMILES string of the molecule is CCCNC(C#N)c1ccc(Cl)c(Br)c1. The average Bonchev–Trinajstić information content (AvgIpc) is 2.24. The molecule has 0 saturated heterocycles. The zero-order valence-corrected chi connectivity index (χ0v) is 10.8. The summed E-state index contributed by atoms with van der Waals surface area (Å²) >= 11 is 9.23. The van der Waals surface area contributed by atoms with E-state index in [0.717, 1.165) is 23.0 Å². The molecule has 0 aliphatic rings. The maximum atomic E-state index is 9.01. The highest BCUT2D eigenvalue weighted by Gasteiger charge is 2.10. The van der Waals surface area contributed by atoms with Gasteiger partial charge in [0.15, 0.2) is 0 Å². The smallest absolute Gasteiger partial charge is 0.121 e.